The van der Waals surface area contributed by atoms with Crippen molar-refractivity contribution >= 4 is 68.8 Å². The lowest BCUT2D eigenvalue weighted by molar-refractivity contribution is -0.114. The number of nitrogens with zero attached hydrogens (tertiary/aromatic N) is 1. The molecule has 3 nitrogen and oxygen atoms in total. The van der Waals surface area contributed by atoms with Crippen molar-refractivity contribution in [2.45, 2.75) is 4.84 Å². The van der Waals surface area contributed by atoms with Gasteiger partial charge in [-0.2, -0.15) is 0 Å². The largest absolute Gasteiger partial charge is 0.300 e. The van der Waals surface area contributed by atoms with Crippen molar-refractivity contribution in [3.8, 4) is 11.3 Å². The number of benzene rings is 1. The number of anilines is 1. The molecule has 1 aromatic heterocycles. The van der Waals surface area contributed by atoms with Gasteiger partial charge in [0.15, 0.2) is 9.97 Å². The predicted molar refractivity (Wildman–Crippen MR) is 81.7 cm³/mol. The molecular formula is C11H6Cl4N2OS. The molecule has 0 atom stereocenters. The third kappa shape index (κ3) is 3.74. The van der Waals surface area contributed by atoms with Gasteiger partial charge in [0.2, 0.25) is 0 Å². The van der Waals surface area contributed by atoms with Gasteiger partial charge in [0, 0.05) is 10.9 Å². The normalized spacial score (nSPS) is 10.8. The summed E-state index contributed by atoms with van der Waals surface area (Å²) in [6.45, 7) is 0. The summed E-state index contributed by atoms with van der Waals surface area (Å²) in [6, 6.07) is 5.18. The maximum atomic E-state index is 11.3. The second kappa shape index (κ2) is 6.29. The summed E-state index contributed by atoms with van der Waals surface area (Å²) in [5.74, 6) is -0.515. The van der Waals surface area contributed by atoms with E-state index >= 15 is 0 Å². The van der Waals surface area contributed by atoms with Crippen molar-refractivity contribution in [2.75, 3.05) is 5.32 Å². The molecule has 19 heavy (non-hydrogen) atoms. The minimum absolute atomic E-state index is 0.414. The smallest absolute Gasteiger partial charge is 0.259 e. The summed E-state index contributed by atoms with van der Waals surface area (Å²) in [6.07, 6.45) is 0. The van der Waals surface area contributed by atoms with Crippen LogP contribution in [0.5, 0.6) is 0 Å². The maximum absolute atomic E-state index is 11.3. The molecule has 2 rings (SSSR count). The van der Waals surface area contributed by atoms with Crippen molar-refractivity contribution in [1.82, 2.24) is 4.98 Å². The van der Waals surface area contributed by atoms with Gasteiger partial charge in [-0.3, -0.25) is 10.1 Å². The first-order valence-corrected chi connectivity index (χ1v) is 7.48. The summed E-state index contributed by atoms with van der Waals surface area (Å²) < 4.78 is 0. The molecule has 1 N–H and O–H groups in total. The Morgan fingerprint density at radius 1 is 1.26 bits per heavy atom. The van der Waals surface area contributed by atoms with Crippen LogP contribution in [0.3, 0.4) is 0 Å². The van der Waals surface area contributed by atoms with Crippen molar-refractivity contribution in [3.63, 3.8) is 0 Å². The second-order valence-corrected chi connectivity index (χ2v) is 6.23. The van der Waals surface area contributed by atoms with Crippen molar-refractivity contribution in [3.05, 3.63) is 33.6 Å². The van der Waals surface area contributed by atoms with Crippen LogP contribution < -0.4 is 5.32 Å². The van der Waals surface area contributed by atoms with E-state index in [1.165, 1.54) is 11.3 Å². The molecule has 0 radical (unpaired) electrons. The van der Waals surface area contributed by atoms with Crippen molar-refractivity contribution in [2.24, 2.45) is 0 Å². The predicted octanol–water partition coefficient (Wildman–Crippen LogP) is 4.86. The van der Waals surface area contributed by atoms with E-state index in [9.17, 15) is 4.79 Å². The molecule has 1 aromatic carbocycles. The topological polar surface area (TPSA) is 42.0 Å². The standard InChI is InChI=1S/C11H6Cl4N2OS/c12-6-2-1-5(3-7(6)13)8-4-19-11(16-8)17-10(18)9(14)15/h1-4,9H,(H,16,17,18). The number of carbonyl (C=O) groups excluding carboxylic acids is 1. The fourth-order valence-electron chi connectivity index (χ4n) is 1.28. The van der Waals surface area contributed by atoms with E-state index in [0.29, 0.717) is 20.9 Å². The zero-order valence-corrected chi connectivity index (χ0v) is 13.0. The number of hydrogen-bond donors (Lipinski definition) is 1. The van der Waals surface area contributed by atoms with Crippen LogP contribution in [-0.4, -0.2) is 15.7 Å². The molecule has 0 aliphatic carbocycles. The van der Waals surface area contributed by atoms with E-state index in [-0.39, 0.29) is 0 Å². The van der Waals surface area contributed by atoms with Crippen LogP contribution in [0.25, 0.3) is 11.3 Å². The Labute approximate surface area is 133 Å². The summed E-state index contributed by atoms with van der Waals surface area (Å²) in [4.78, 5) is 14.4. The Balaban J connectivity index is 2.21. The van der Waals surface area contributed by atoms with E-state index in [1.54, 1.807) is 23.6 Å². The highest BCUT2D eigenvalue weighted by Gasteiger charge is 2.14. The van der Waals surface area contributed by atoms with Gasteiger partial charge in [-0.05, 0) is 12.1 Å². The van der Waals surface area contributed by atoms with Crippen molar-refractivity contribution in [1.29, 1.82) is 0 Å². The monoisotopic (exact) mass is 354 g/mol. The Bertz CT molecular complexity index is 614. The molecule has 0 saturated heterocycles. The van der Waals surface area contributed by atoms with Gasteiger partial charge >= 0.3 is 0 Å². The third-order valence-corrected chi connectivity index (χ3v) is 4.04. The number of thiazole rings is 1. The number of carbonyl (C=O) groups is 1. The zero-order chi connectivity index (χ0) is 14.0. The Kier molecular flexibility index (Phi) is 4.92. The van der Waals surface area contributed by atoms with Gasteiger partial charge in [0.1, 0.15) is 0 Å². The molecule has 0 spiro atoms. The zero-order valence-electron chi connectivity index (χ0n) is 9.16. The lowest BCUT2D eigenvalue weighted by atomic mass is 10.2. The molecule has 0 unspecified atom stereocenters. The fraction of sp³-hybridized carbons (Fsp3) is 0.0909. The summed E-state index contributed by atoms with van der Waals surface area (Å²) in [5, 5.41) is 5.62. The van der Waals surface area contributed by atoms with Crippen LogP contribution >= 0.6 is 57.7 Å². The molecule has 2 aromatic rings. The van der Waals surface area contributed by atoms with E-state index in [1.807, 2.05) is 0 Å². The first-order valence-electron chi connectivity index (χ1n) is 4.97. The number of rotatable bonds is 3. The fourth-order valence-corrected chi connectivity index (χ4v) is 2.41. The number of amides is 1. The van der Waals surface area contributed by atoms with Gasteiger partial charge in [-0.15, -0.1) is 11.3 Å². The molecular weight excluding hydrogens is 350 g/mol. The summed E-state index contributed by atoms with van der Waals surface area (Å²) >= 11 is 23.9. The molecule has 0 aliphatic rings. The van der Waals surface area contributed by atoms with Crippen LogP contribution in [0.15, 0.2) is 23.6 Å². The van der Waals surface area contributed by atoms with Gasteiger partial charge in [0.05, 0.1) is 15.7 Å². The van der Waals surface area contributed by atoms with Gasteiger partial charge < -0.3 is 0 Å². The molecule has 1 heterocycles. The number of hydrogen-bond acceptors (Lipinski definition) is 3. The first-order chi connectivity index (χ1) is 8.97. The van der Waals surface area contributed by atoms with E-state index in [2.05, 4.69) is 10.3 Å². The SMILES string of the molecule is O=C(Nc1nc(-c2ccc(Cl)c(Cl)c2)cs1)C(Cl)Cl. The van der Waals surface area contributed by atoms with E-state index in [0.717, 1.165) is 5.56 Å². The van der Waals surface area contributed by atoms with E-state index in [4.69, 9.17) is 46.4 Å². The van der Waals surface area contributed by atoms with Crippen LogP contribution in [0.4, 0.5) is 5.13 Å². The molecule has 100 valence electrons. The maximum Gasteiger partial charge on any atom is 0.259 e. The first kappa shape index (κ1) is 14.9. The highest BCUT2D eigenvalue weighted by molar-refractivity contribution is 7.14. The lowest BCUT2D eigenvalue weighted by Crippen LogP contribution is -2.18. The Hall–Kier alpha value is -0.520. The quantitative estimate of drug-likeness (QED) is 0.799. The lowest BCUT2D eigenvalue weighted by Gasteiger charge is -2.01. The van der Waals surface area contributed by atoms with E-state index < -0.39 is 10.7 Å². The van der Waals surface area contributed by atoms with Crippen LogP contribution in [-0.2, 0) is 4.79 Å². The molecule has 8 heteroatoms. The van der Waals surface area contributed by atoms with Gasteiger partial charge in [0.25, 0.3) is 5.91 Å². The average molecular weight is 356 g/mol. The molecule has 0 aliphatic heterocycles. The Morgan fingerprint density at radius 2 is 2.00 bits per heavy atom. The molecule has 0 bridgehead atoms. The molecule has 0 saturated carbocycles. The highest BCUT2D eigenvalue weighted by Crippen LogP contribution is 2.30. The Morgan fingerprint density at radius 3 is 2.63 bits per heavy atom. The van der Waals surface area contributed by atoms with Crippen molar-refractivity contribution < 1.29 is 4.79 Å². The average Bonchev–Trinajstić information content (AvgIpc) is 2.81. The summed E-state index contributed by atoms with van der Waals surface area (Å²) in [5.41, 5.74) is 1.49. The highest BCUT2D eigenvalue weighted by atomic mass is 35.5. The van der Waals surface area contributed by atoms with Crippen LogP contribution in [0, 0.1) is 0 Å². The van der Waals surface area contributed by atoms with Crippen LogP contribution in [0.2, 0.25) is 10.0 Å². The number of halogens is 4. The van der Waals surface area contributed by atoms with Gasteiger partial charge in [-0.25, -0.2) is 4.98 Å². The van der Waals surface area contributed by atoms with Gasteiger partial charge in [-0.1, -0.05) is 52.5 Å². The van der Waals surface area contributed by atoms with Crippen LogP contribution in [0.1, 0.15) is 0 Å². The number of aromatic nitrogens is 1. The minimum atomic E-state index is -1.13. The summed E-state index contributed by atoms with van der Waals surface area (Å²) in [7, 11) is 0. The second-order valence-electron chi connectivity index (χ2n) is 3.46. The molecule has 1 amide bonds. The number of alkyl halides is 2. The molecule has 0 fully saturated rings. The third-order valence-electron chi connectivity index (χ3n) is 2.15. The number of nitrogens with one attached hydrogen (secondary N) is 1. The minimum Gasteiger partial charge on any atom is -0.300 e.